The van der Waals surface area contributed by atoms with Crippen LogP contribution in [-0.4, -0.2) is 88.5 Å². The van der Waals surface area contributed by atoms with Crippen LogP contribution in [0.5, 0.6) is 0 Å². The molecule has 0 amide bonds. The number of rotatable bonds is 7. The fourth-order valence-corrected chi connectivity index (χ4v) is 9.54. The van der Waals surface area contributed by atoms with Crippen LogP contribution in [0.4, 0.5) is 43.2 Å². The van der Waals surface area contributed by atoms with Crippen LogP contribution in [0.15, 0.2) is 85.2 Å². The van der Waals surface area contributed by atoms with E-state index in [1.165, 1.54) is 74.9 Å². The molecule has 7 heterocycles. The average molecular weight is 779 g/mol. The summed E-state index contributed by atoms with van der Waals surface area (Å²) in [5.41, 5.74) is 4.87. The highest BCUT2D eigenvalue weighted by atomic mass is 19.1. The maximum Gasteiger partial charge on any atom is 0.130 e. The summed E-state index contributed by atoms with van der Waals surface area (Å²) in [4.78, 5) is 23.7. The fourth-order valence-electron chi connectivity index (χ4n) is 9.54. The van der Waals surface area contributed by atoms with Gasteiger partial charge in [-0.15, -0.1) is 0 Å². The van der Waals surface area contributed by atoms with Crippen molar-refractivity contribution in [2.45, 2.75) is 84.1 Å². The van der Waals surface area contributed by atoms with E-state index < -0.39 is 0 Å². The van der Waals surface area contributed by atoms with Crippen LogP contribution in [0.1, 0.15) is 78.1 Å². The van der Waals surface area contributed by atoms with Crippen molar-refractivity contribution in [3.63, 3.8) is 0 Å². The summed E-state index contributed by atoms with van der Waals surface area (Å²) in [7, 11) is 2.07. The van der Waals surface area contributed by atoms with E-state index in [-0.39, 0.29) is 11.6 Å². The Morgan fingerprint density at radius 1 is 0.561 bits per heavy atom. The molecule has 0 bridgehead atoms. The molecule has 9 rings (SSSR count). The third-order valence-electron chi connectivity index (χ3n) is 12.8. The van der Waals surface area contributed by atoms with Crippen molar-refractivity contribution < 1.29 is 8.78 Å². The van der Waals surface area contributed by atoms with Crippen LogP contribution in [0.25, 0.3) is 0 Å². The van der Waals surface area contributed by atoms with Crippen LogP contribution < -0.4 is 29.4 Å². The molecule has 5 saturated heterocycles. The molecule has 5 fully saturated rings. The molecule has 0 N–H and O–H groups in total. The molecule has 8 nitrogen and oxygen atoms in total. The van der Waals surface area contributed by atoms with Crippen LogP contribution >= 0.6 is 0 Å². The lowest BCUT2D eigenvalue weighted by Gasteiger charge is -2.39. The third-order valence-corrected chi connectivity index (χ3v) is 12.8. The summed E-state index contributed by atoms with van der Waals surface area (Å²) in [6.45, 7) is 14.7. The summed E-state index contributed by atoms with van der Waals surface area (Å²) in [5.74, 6) is 1.85. The van der Waals surface area contributed by atoms with E-state index in [0.717, 1.165) is 101 Å². The Bertz CT molecular complexity index is 1860. The van der Waals surface area contributed by atoms with Crippen LogP contribution in [0.2, 0.25) is 0 Å². The number of nitrogens with zero attached hydrogens (tertiary/aromatic N) is 8. The van der Waals surface area contributed by atoms with Gasteiger partial charge in [0.15, 0.2) is 0 Å². The van der Waals surface area contributed by atoms with Gasteiger partial charge in [0.1, 0.15) is 23.3 Å². The SMILES string of the molecule is CC.CN(c1cccc(F)c1)[C@@H]1CCCN(c2cc(N3CCCCC3)ccn2)C1.Fc1cccc(N2CC[C@@]3(CCN(c4cc(N5CCCCC5)ccn4)C3)C2)c1. The highest BCUT2D eigenvalue weighted by molar-refractivity contribution is 5.58. The molecule has 0 aliphatic carbocycles. The Morgan fingerprint density at radius 2 is 1.09 bits per heavy atom. The number of halogens is 2. The first-order valence-electron chi connectivity index (χ1n) is 21.8. The highest BCUT2D eigenvalue weighted by Gasteiger charge is 2.44. The normalized spacial score (nSPS) is 22.2. The molecular formula is C47H64F2N8. The number of anilines is 6. The van der Waals surface area contributed by atoms with Crippen molar-refractivity contribution in [2.75, 3.05) is 102 Å². The van der Waals surface area contributed by atoms with Crippen molar-refractivity contribution in [3.8, 4) is 0 Å². The van der Waals surface area contributed by atoms with Gasteiger partial charge in [-0.2, -0.15) is 0 Å². The van der Waals surface area contributed by atoms with Crippen LogP contribution in [-0.2, 0) is 0 Å². The van der Waals surface area contributed by atoms with Gasteiger partial charge in [-0.25, -0.2) is 18.7 Å². The standard InChI is InChI=1S/C23H29FN4.C22H29FN4.C2H6/c24-19-5-4-6-20(15-19)27-13-8-23(17-27)9-14-28(18-23)22-16-21(7-10-25-22)26-11-2-1-3-12-26;1-25(19-8-5-7-18(23)15-19)21-9-6-14-27(17-21)22-16-20(10-11-24-22)26-12-3-2-4-13-26;1-2/h4-7,10,15-16H,1-3,8-9,11-14,17-18H2;5,7-8,10-11,15-16,21H,2-4,6,9,12-14,17H2,1H3;1-2H3/t23-;21-;/m11./s1. The predicted octanol–water partition coefficient (Wildman–Crippen LogP) is 9.66. The van der Waals surface area contributed by atoms with Gasteiger partial charge in [0.05, 0.1) is 0 Å². The lowest BCUT2D eigenvalue weighted by Crippen LogP contribution is -2.47. The zero-order valence-electron chi connectivity index (χ0n) is 34.6. The van der Waals surface area contributed by atoms with E-state index in [0.29, 0.717) is 11.5 Å². The quantitative estimate of drug-likeness (QED) is 0.184. The summed E-state index contributed by atoms with van der Waals surface area (Å²) in [6.07, 6.45) is 16.4. The number of piperidine rings is 3. The lowest BCUT2D eigenvalue weighted by molar-refractivity contribution is 0.374. The zero-order valence-corrected chi connectivity index (χ0v) is 34.6. The van der Waals surface area contributed by atoms with Gasteiger partial charge in [0.25, 0.3) is 0 Å². The number of hydrogen-bond acceptors (Lipinski definition) is 8. The Morgan fingerprint density at radius 3 is 1.70 bits per heavy atom. The van der Waals surface area contributed by atoms with E-state index >= 15 is 0 Å². The van der Waals surface area contributed by atoms with E-state index in [1.807, 2.05) is 44.4 Å². The molecule has 306 valence electrons. The van der Waals surface area contributed by atoms with Crippen molar-refractivity contribution in [2.24, 2.45) is 5.41 Å². The van der Waals surface area contributed by atoms with Gasteiger partial charge in [-0.3, -0.25) is 0 Å². The predicted molar refractivity (Wildman–Crippen MR) is 234 cm³/mol. The molecule has 5 aliphatic heterocycles. The summed E-state index contributed by atoms with van der Waals surface area (Å²) < 4.78 is 27.2. The smallest absolute Gasteiger partial charge is 0.130 e. The maximum atomic E-state index is 13.6. The fraction of sp³-hybridized carbons (Fsp3) is 0.532. The molecule has 0 unspecified atom stereocenters. The molecule has 0 saturated carbocycles. The second-order valence-electron chi connectivity index (χ2n) is 16.5. The molecule has 5 aliphatic rings. The Labute approximate surface area is 340 Å². The summed E-state index contributed by atoms with van der Waals surface area (Å²) in [5, 5.41) is 0. The van der Waals surface area contributed by atoms with Gasteiger partial charge in [-0.05, 0) is 113 Å². The molecule has 2 atom stereocenters. The largest absolute Gasteiger partial charge is 0.371 e. The second kappa shape index (κ2) is 19.2. The Balaban J connectivity index is 0.000000167. The van der Waals surface area contributed by atoms with Crippen molar-refractivity contribution in [1.29, 1.82) is 0 Å². The molecule has 2 aromatic heterocycles. The topological polar surface area (TPSA) is 45.2 Å². The maximum absolute atomic E-state index is 13.6. The molecule has 0 radical (unpaired) electrons. The van der Waals surface area contributed by atoms with E-state index in [1.54, 1.807) is 18.2 Å². The van der Waals surface area contributed by atoms with Gasteiger partial charge in [0, 0.05) is 131 Å². The van der Waals surface area contributed by atoms with Crippen LogP contribution in [0, 0.1) is 17.0 Å². The van der Waals surface area contributed by atoms with Crippen LogP contribution in [0.3, 0.4) is 0 Å². The zero-order chi connectivity index (χ0) is 39.6. The van der Waals surface area contributed by atoms with E-state index in [9.17, 15) is 8.78 Å². The van der Waals surface area contributed by atoms with E-state index in [2.05, 4.69) is 65.7 Å². The third kappa shape index (κ3) is 10.1. The van der Waals surface area contributed by atoms with Gasteiger partial charge in [0.2, 0.25) is 0 Å². The number of pyridine rings is 2. The lowest BCUT2D eigenvalue weighted by atomic mass is 9.86. The van der Waals surface area contributed by atoms with Gasteiger partial charge >= 0.3 is 0 Å². The second-order valence-corrected chi connectivity index (χ2v) is 16.5. The minimum Gasteiger partial charge on any atom is -0.371 e. The van der Waals surface area contributed by atoms with Crippen molar-refractivity contribution in [1.82, 2.24) is 9.97 Å². The summed E-state index contributed by atoms with van der Waals surface area (Å²) in [6, 6.07) is 23.1. The number of hydrogen-bond donors (Lipinski definition) is 0. The number of aromatic nitrogens is 2. The molecule has 1 spiro atoms. The number of benzene rings is 2. The first-order chi connectivity index (χ1) is 27.9. The molecule has 57 heavy (non-hydrogen) atoms. The Kier molecular flexibility index (Phi) is 13.7. The Hall–Kier alpha value is -4.60. The van der Waals surface area contributed by atoms with Gasteiger partial charge < -0.3 is 29.4 Å². The van der Waals surface area contributed by atoms with Crippen molar-refractivity contribution >= 4 is 34.4 Å². The molecular weight excluding hydrogens is 715 g/mol. The monoisotopic (exact) mass is 779 g/mol. The summed E-state index contributed by atoms with van der Waals surface area (Å²) >= 11 is 0. The van der Waals surface area contributed by atoms with E-state index in [4.69, 9.17) is 4.98 Å². The number of likely N-dealkylation sites (N-methyl/N-ethyl adjacent to an activating group) is 1. The first-order valence-corrected chi connectivity index (χ1v) is 21.8. The minimum atomic E-state index is -0.178. The van der Waals surface area contributed by atoms with Gasteiger partial charge in [-0.1, -0.05) is 26.0 Å². The molecule has 2 aromatic carbocycles. The highest BCUT2D eigenvalue weighted by Crippen LogP contribution is 2.42. The molecule has 10 heteroatoms. The first kappa shape index (κ1) is 40.6. The average Bonchev–Trinajstić information content (AvgIpc) is 3.91. The minimum absolute atomic E-state index is 0.148. The molecule has 4 aromatic rings. The van der Waals surface area contributed by atoms with Crippen molar-refractivity contribution in [3.05, 3.63) is 96.8 Å².